The standard InChI is InChI=1S/C21H22N2O7/c1-3-29-19-11-17(23(26)27)16(10-18(19)28-2)21(25)30-13-20(24)22-9-8-14-6-4-5-7-15(14)12-22/h4-7,10-11H,3,8-9,12-13H2,1-2H3. The van der Waals surface area contributed by atoms with Crippen molar-refractivity contribution in [1.82, 2.24) is 4.90 Å². The molecule has 9 heteroatoms. The molecule has 3 rings (SSSR count). The number of hydrogen-bond donors (Lipinski definition) is 0. The first-order chi connectivity index (χ1) is 14.4. The molecule has 0 N–H and O–H groups in total. The Morgan fingerprint density at radius 2 is 1.90 bits per heavy atom. The molecule has 9 nitrogen and oxygen atoms in total. The molecule has 0 saturated carbocycles. The van der Waals surface area contributed by atoms with E-state index < -0.39 is 23.2 Å². The minimum atomic E-state index is -0.978. The van der Waals surface area contributed by atoms with Gasteiger partial charge in [-0.1, -0.05) is 24.3 Å². The van der Waals surface area contributed by atoms with Crippen LogP contribution in [0.2, 0.25) is 0 Å². The number of carbonyl (C=O) groups excluding carboxylic acids is 2. The summed E-state index contributed by atoms with van der Waals surface area (Å²) in [6.45, 7) is 2.44. The average molecular weight is 414 g/mol. The van der Waals surface area contributed by atoms with E-state index in [0.717, 1.165) is 18.1 Å². The Bertz CT molecular complexity index is 974. The highest BCUT2D eigenvalue weighted by Crippen LogP contribution is 2.35. The van der Waals surface area contributed by atoms with Gasteiger partial charge >= 0.3 is 5.97 Å². The number of nitrogens with zero attached hydrogens (tertiary/aromatic N) is 2. The topological polar surface area (TPSA) is 108 Å². The third-order valence-electron chi connectivity index (χ3n) is 4.81. The maximum Gasteiger partial charge on any atom is 0.345 e. The number of fused-ring (bicyclic) bond motifs is 1. The zero-order chi connectivity index (χ0) is 21.7. The Morgan fingerprint density at radius 1 is 1.17 bits per heavy atom. The molecule has 0 radical (unpaired) electrons. The van der Waals surface area contributed by atoms with E-state index in [2.05, 4.69) is 0 Å². The van der Waals surface area contributed by atoms with E-state index in [4.69, 9.17) is 14.2 Å². The van der Waals surface area contributed by atoms with Crippen LogP contribution in [0.25, 0.3) is 0 Å². The highest BCUT2D eigenvalue weighted by molar-refractivity contribution is 5.96. The van der Waals surface area contributed by atoms with Gasteiger partial charge in [0.15, 0.2) is 18.1 Å². The lowest BCUT2D eigenvalue weighted by molar-refractivity contribution is -0.385. The van der Waals surface area contributed by atoms with Gasteiger partial charge in [0.2, 0.25) is 0 Å². The van der Waals surface area contributed by atoms with E-state index in [1.807, 2.05) is 24.3 Å². The van der Waals surface area contributed by atoms with Crippen LogP contribution in [0, 0.1) is 10.1 Å². The number of methoxy groups -OCH3 is 1. The van der Waals surface area contributed by atoms with Gasteiger partial charge in [0, 0.05) is 19.2 Å². The fourth-order valence-corrected chi connectivity index (χ4v) is 3.30. The van der Waals surface area contributed by atoms with Crippen LogP contribution in [0.3, 0.4) is 0 Å². The smallest absolute Gasteiger partial charge is 0.345 e. The Balaban J connectivity index is 1.71. The van der Waals surface area contributed by atoms with Gasteiger partial charge in [-0.15, -0.1) is 0 Å². The van der Waals surface area contributed by atoms with Crippen molar-refractivity contribution in [3.05, 3.63) is 63.2 Å². The Hall–Kier alpha value is -3.62. The maximum absolute atomic E-state index is 12.5. The van der Waals surface area contributed by atoms with Crippen LogP contribution in [0.1, 0.15) is 28.4 Å². The minimum Gasteiger partial charge on any atom is -0.493 e. The summed E-state index contributed by atoms with van der Waals surface area (Å²) < 4.78 is 15.6. The summed E-state index contributed by atoms with van der Waals surface area (Å²) in [5, 5.41) is 11.4. The third kappa shape index (κ3) is 4.51. The largest absolute Gasteiger partial charge is 0.493 e. The van der Waals surface area contributed by atoms with Crippen molar-refractivity contribution in [2.45, 2.75) is 19.9 Å². The van der Waals surface area contributed by atoms with Crippen molar-refractivity contribution in [3.63, 3.8) is 0 Å². The molecule has 1 aliphatic rings. The lowest BCUT2D eigenvalue weighted by atomic mass is 10.00. The molecule has 1 amide bonds. The zero-order valence-electron chi connectivity index (χ0n) is 16.8. The predicted octanol–water partition coefficient (Wildman–Crippen LogP) is 2.74. The van der Waals surface area contributed by atoms with Crippen molar-refractivity contribution in [3.8, 4) is 11.5 Å². The number of esters is 1. The van der Waals surface area contributed by atoms with Gasteiger partial charge in [-0.3, -0.25) is 14.9 Å². The zero-order valence-corrected chi connectivity index (χ0v) is 16.8. The van der Waals surface area contributed by atoms with Crippen LogP contribution in [-0.4, -0.2) is 48.6 Å². The molecule has 0 atom stereocenters. The molecule has 0 aliphatic carbocycles. The molecule has 0 unspecified atom stereocenters. The number of hydrogen-bond acceptors (Lipinski definition) is 7. The Labute approximate surface area is 173 Å². The number of carbonyl (C=O) groups is 2. The highest BCUT2D eigenvalue weighted by atomic mass is 16.6. The van der Waals surface area contributed by atoms with E-state index >= 15 is 0 Å². The molecule has 158 valence electrons. The Morgan fingerprint density at radius 3 is 2.57 bits per heavy atom. The van der Waals surface area contributed by atoms with Gasteiger partial charge in [-0.2, -0.15) is 0 Å². The second kappa shape index (κ2) is 9.25. The highest BCUT2D eigenvalue weighted by Gasteiger charge is 2.27. The van der Waals surface area contributed by atoms with Gasteiger partial charge in [-0.25, -0.2) is 4.79 Å². The lowest BCUT2D eigenvalue weighted by Crippen LogP contribution is -2.38. The van der Waals surface area contributed by atoms with Gasteiger partial charge in [-0.05, 0) is 24.5 Å². The fraction of sp³-hybridized carbons (Fsp3) is 0.333. The van der Waals surface area contributed by atoms with Crippen LogP contribution in [-0.2, 0) is 22.5 Å². The molecule has 2 aromatic carbocycles. The van der Waals surface area contributed by atoms with E-state index in [0.29, 0.717) is 13.1 Å². The molecule has 0 aromatic heterocycles. The summed E-state index contributed by atoms with van der Waals surface area (Å²) in [6, 6.07) is 10.1. The quantitative estimate of drug-likeness (QED) is 0.389. The molecular weight excluding hydrogens is 392 g/mol. The first-order valence-electron chi connectivity index (χ1n) is 9.45. The molecule has 0 saturated heterocycles. The Kier molecular flexibility index (Phi) is 6.51. The number of nitro groups is 1. The summed E-state index contributed by atoms with van der Waals surface area (Å²) in [5.41, 5.74) is 1.45. The van der Waals surface area contributed by atoms with E-state index in [1.165, 1.54) is 18.7 Å². The van der Waals surface area contributed by atoms with Crippen molar-refractivity contribution < 1.29 is 28.7 Å². The van der Waals surface area contributed by atoms with Gasteiger partial charge in [0.1, 0.15) is 5.56 Å². The van der Waals surface area contributed by atoms with Crippen molar-refractivity contribution in [2.75, 3.05) is 26.9 Å². The molecule has 0 spiro atoms. The fourth-order valence-electron chi connectivity index (χ4n) is 3.30. The molecule has 1 aliphatic heterocycles. The van der Waals surface area contributed by atoms with Crippen molar-refractivity contribution in [1.29, 1.82) is 0 Å². The number of ether oxygens (including phenoxy) is 3. The maximum atomic E-state index is 12.5. The summed E-state index contributed by atoms with van der Waals surface area (Å²) >= 11 is 0. The number of nitro benzene ring substituents is 1. The minimum absolute atomic E-state index is 0.145. The summed E-state index contributed by atoms with van der Waals surface area (Å²) in [4.78, 5) is 37.3. The summed E-state index contributed by atoms with van der Waals surface area (Å²) in [7, 11) is 1.36. The van der Waals surface area contributed by atoms with Gasteiger partial charge < -0.3 is 19.1 Å². The van der Waals surface area contributed by atoms with Crippen molar-refractivity contribution in [2.24, 2.45) is 0 Å². The number of benzene rings is 2. The normalized spacial score (nSPS) is 12.7. The van der Waals surface area contributed by atoms with E-state index in [1.54, 1.807) is 11.8 Å². The van der Waals surface area contributed by atoms with Crippen molar-refractivity contribution >= 4 is 17.6 Å². The number of amides is 1. The summed E-state index contributed by atoms with van der Waals surface area (Å²) in [5.74, 6) is -1.04. The van der Waals surface area contributed by atoms with E-state index in [-0.39, 0.29) is 29.6 Å². The molecular formula is C21H22N2O7. The van der Waals surface area contributed by atoms with Crippen LogP contribution < -0.4 is 9.47 Å². The monoisotopic (exact) mass is 414 g/mol. The van der Waals surface area contributed by atoms with Crippen LogP contribution in [0.5, 0.6) is 11.5 Å². The average Bonchev–Trinajstić information content (AvgIpc) is 2.76. The van der Waals surface area contributed by atoms with Gasteiger partial charge in [0.25, 0.3) is 11.6 Å². The first-order valence-corrected chi connectivity index (χ1v) is 9.45. The molecule has 0 fully saturated rings. The number of rotatable bonds is 7. The molecule has 30 heavy (non-hydrogen) atoms. The SMILES string of the molecule is CCOc1cc([N+](=O)[O-])c(C(=O)OCC(=O)N2CCc3ccccc3C2)cc1OC. The predicted molar refractivity (Wildman–Crippen MR) is 107 cm³/mol. The molecule has 0 bridgehead atoms. The molecule has 2 aromatic rings. The first kappa shape index (κ1) is 21.1. The van der Waals surface area contributed by atoms with Gasteiger partial charge in [0.05, 0.1) is 24.7 Å². The second-order valence-electron chi connectivity index (χ2n) is 6.62. The summed E-state index contributed by atoms with van der Waals surface area (Å²) in [6.07, 6.45) is 0.720. The molecule has 1 heterocycles. The van der Waals surface area contributed by atoms with E-state index in [9.17, 15) is 19.7 Å². The van der Waals surface area contributed by atoms with Crippen LogP contribution in [0.15, 0.2) is 36.4 Å². The second-order valence-corrected chi connectivity index (χ2v) is 6.62. The lowest BCUT2D eigenvalue weighted by Gasteiger charge is -2.28. The van der Waals surface area contributed by atoms with Crippen LogP contribution >= 0.6 is 0 Å². The third-order valence-corrected chi connectivity index (χ3v) is 4.81. The van der Waals surface area contributed by atoms with Crippen LogP contribution in [0.4, 0.5) is 5.69 Å².